The minimum atomic E-state index is -5.17. The number of hydrogen-bond donors (Lipinski definition) is 9. The summed E-state index contributed by atoms with van der Waals surface area (Å²) in [6.45, 7) is -1.21. The number of carboxylic acid groups (broad SMARTS) is 1. The van der Waals surface area contributed by atoms with E-state index >= 15 is 0 Å². The van der Waals surface area contributed by atoms with Gasteiger partial charge in [-0.1, -0.05) is 0 Å². The zero-order valence-corrected chi connectivity index (χ0v) is 23.6. The van der Waals surface area contributed by atoms with E-state index in [4.69, 9.17) is 37.9 Å². The standard InChI is InChI=1S/C20H32O21S2/c1-6-12(22)16(41-43(32,33)34)15(25)20(38-6)35-3-7-8(18(28)39-11(13(7)23)5-37-42(29,30)31)4-36-19-14(24)9(21)2-10(40-19)17(26)27/h2,6-9,11-16,18-25,28H,3-5H2,1H3,(H,26,27)(H,29,30,31)(H,32,33,34)/t6?,7?,8?,9?,11?,12-,13+,14?,15?,16?,18-,19-,20-/m1/s1. The van der Waals surface area contributed by atoms with Gasteiger partial charge in [0, 0.05) is 11.8 Å². The number of carbonyl (C=O) groups is 1. The zero-order chi connectivity index (χ0) is 32.4. The second-order valence-electron chi connectivity index (χ2n) is 9.75. The largest absolute Gasteiger partial charge is 0.475 e. The van der Waals surface area contributed by atoms with Gasteiger partial charge in [-0.2, -0.15) is 16.8 Å². The van der Waals surface area contributed by atoms with E-state index in [0.29, 0.717) is 6.08 Å². The molecule has 3 aliphatic rings. The summed E-state index contributed by atoms with van der Waals surface area (Å²) < 4.78 is 97.2. The summed E-state index contributed by atoms with van der Waals surface area (Å²) in [5.41, 5.74) is 0. The van der Waals surface area contributed by atoms with Crippen molar-refractivity contribution in [3.63, 3.8) is 0 Å². The van der Waals surface area contributed by atoms with Gasteiger partial charge in [0.05, 0.1) is 32.0 Å². The van der Waals surface area contributed by atoms with E-state index in [2.05, 4.69) is 8.37 Å². The van der Waals surface area contributed by atoms with Crippen LogP contribution in [0.5, 0.6) is 0 Å². The minimum Gasteiger partial charge on any atom is -0.475 e. The molecule has 23 heteroatoms. The predicted octanol–water partition coefficient (Wildman–Crippen LogP) is -5.15. The van der Waals surface area contributed by atoms with Crippen LogP contribution in [0.2, 0.25) is 0 Å². The van der Waals surface area contributed by atoms with Gasteiger partial charge in [-0.3, -0.25) is 9.11 Å². The highest BCUT2D eigenvalue weighted by Crippen LogP contribution is 2.34. The molecule has 250 valence electrons. The molecule has 0 aromatic rings. The van der Waals surface area contributed by atoms with Gasteiger partial charge in [-0.15, -0.1) is 0 Å². The van der Waals surface area contributed by atoms with Gasteiger partial charge in [-0.25, -0.2) is 13.2 Å². The van der Waals surface area contributed by atoms with Crippen LogP contribution in [0.25, 0.3) is 0 Å². The molecular weight excluding hydrogens is 640 g/mol. The molecule has 0 aromatic carbocycles. The van der Waals surface area contributed by atoms with Crippen LogP contribution >= 0.6 is 0 Å². The van der Waals surface area contributed by atoms with Crippen molar-refractivity contribution in [2.75, 3.05) is 19.8 Å². The predicted molar refractivity (Wildman–Crippen MR) is 129 cm³/mol. The molecule has 2 fully saturated rings. The lowest BCUT2D eigenvalue weighted by atomic mass is 9.83. The maximum absolute atomic E-state index is 11.3. The highest BCUT2D eigenvalue weighted by molar-refractivity contribution is 7.81. The molecule has 0 aliphatic carbocycles. The lowest BCUT2D eigenvalue weighted by Crippen LogP contribution is -2.60. The van der Waals surface area contributed by atoms with E-state index < -0.39 is 132 Å². The van der Waals surface area contributed by atoms with Crippen LogP contribution in [0.4, 0.5) is 0 Å². The van der Waals surface area contributed by atoms with E-state index in [9.17, 15) is 52.3 Å². The molecule has 0 spiro atoms. The minimum absolute atomic E-state index is 0.706. The Morgan fingerprint density at radius 1 is 0.814 bits per heavy atom. The van der Waals surface area contributed by atoms with Crippen molar-refractivity contribution in [3.8, 4) is 0 Å². The molecule has 0 bridgehead atoms. The Morgan fingerprint density at radius 2 is 1.42 bits per heavy atom. The van der Waals surface area contributed by atoms with E-state index in [-0.39, 0.29) is 0 Å². The van der Waals surface area contributed by atoms with E-state index in [1.807, 2.05) is 0 Å². The Labute approximate surface area is 243 Å². The SMILES string of the molecule is CC1O[C@@H](OCC2C(CO[C@@H]3OC(C(=O)O)=CC(O)C3O)[C@H](O)OC(COS(=O)(=O)O)[C@H]2O)C(O)C(OS(=O)(=O)O)[C@@H]1O. The number of aliphatic hydroxyl groups is 6. The first kappa shape index (κ1) is 35.8. The number of rotatable bonds is 12. The molecule has 8 unspecified atom stereocenters. The van der Waals surface area contributed by atoms with Gasteiger partial charge in [0.25, 0.3) is 0 Å². The third-order valence-electron chi connectivity index (χ3n) is 6.76. The first-order valence-electron chi connectivity index (χ1n) is 12.3. The molecule has 13 atom stereocenters. The lowest BCUT2D eigenvalue weighted by Gasteiger charge is -2.45. The summed E-state index contributed by atoms with van der Waals surface area (Å²) in [7, 11) is -10.2. The molecule has 0 aromatic heterocycles. The number of hydrogen-bond acceptors (Lipinski definition) is 18. The Balaban J connectivity index is 1.80. The van der Waals surface area contributed by atoms with E-state index in [1.165, 1.54) is 6.92 Å². The van der Waals surface area contributed by atoms with Crippen molar-refractivity contribution >= 4 is 26.8 Å². The summed E-state index contributed by atoms with van der Waals surface area (Å²) >= 11 is 0. The van der Waals surface area contributed by atoms with Crippen LogP contribution < -0.4 is 0 Å². The van der Waals surface area contributed by atoms with Gasteiger partial charge in [-0.05, 0) is 13.0 Å². The van der Waals surface area contributed by atoms with Crippen LogP contribution in [-0.4, -0.2) is 155 Å². The van der Waals surface area contributed by atoms with Crippen molar-refractivity contribution in [2.45, 2.75) is 74.6 Å². The molecule has 0 amide bonds. The van der Waals surface area contributed by atoms with E-state index in [1.54, 1.807) is 0 Å². The maximum atomic E-state index is 11.3. The quantitative estimate of drug-likeness (QED) is 0.0875. The molecule has 0 radical (unpaired) electrons. The molecule has 2 saturated heterocycles. The average Bonchev–Trinajstić information content (AvgIpc) is 2.88. The first-order chi connectivity index (χ1) is 19.8. The smallest absolute Gasteiger partial charge is 0.397 e. The first-order valence-corrected chi connectivity index (χ1v) is 15.0. The van der Waals surface area contributed by atoms with Crippen molar-refractivity contribution in [2.24, 2.45) is 11.8 Å². The fourth-order valence-electron chi connectivity index (χ4n) is 4.52. The maximum Gasteiger partial charge on any atom is 0.397 e. The Kier molecular flexibility index (Phi) is 11.8. The van der Waals surface area contributed by atoms with Crippen LogP contribution in [0, 0.1) is 11.8 Å². The molecule has 3 rings (SSSR count). The highest BCUT2D eigenvalue weighted by Gasteiger charge is 2.50. The lowest BCUT2D eigenvalue weighted by molar-refractivity contribution is -0.312. The summed E-state index contributed by atoms with van der Waals surface area (Å²) in [5, 5.41) is 71.5. The van der Waals surface area contributed by atoms with Gasteiger partial charge in [0.2, 0.25) is 12.0 Å². The van der Waals surface area contributed by atoms with Crippen LogP contribution in [-0.2, 0) is 57.6 Å². The number of carboxylic acids is 1. The molecule has 3 heterocycles. The van der Waals surface area contributed by atoms with Crippen molar-refractivity contribution < 1.29 is 98.5 Å². The van der Waals surface area contributed by atoms with Gasteiger partial charge in [0.1, 0.15) is 36.6 Å². The van der Waals surface area contributed by atoms with E-state index in [0.717, 1.165) is 0 Å². The Bertz CT molecular complexity index is 1210. The third-order valence-corrected chi connectivity index (χ3v) is 7.66. The fraction of sp³-hybridized carbons (Fsp3) is 0.850. The Morgan fingerprint density at radius 3 is 2.00 bits per heavy atom. The van der Waals surface area contributed by atoms with Crippen LogP contribution in [0.1, 0.15) is 6.92 Å². The normalized spacial score (nSPS) is 40.9. The monoisotopic (exact) mass is 672 g/mol. The third kappa shape index (κ3) is 9.42. The molecule has 21 nitrogen and oxygen atoms in total. The molecule has 9 N–H and O–H groups in total. The highest BCUT2D eigenvalue weighted by atomic mass is 32.3. The van der Waals surface area contributed by atoms with Crippen LogP contribution in [0.3, 0.4) is 0 Å². The number of ether oxygens (including phenoxy) is 5. The van der Waals surface area contributed by atoms with Gasteiger partial charge < -0.3 is 59.4 Å². The van der Waals surface area contributed by atoms with Gasteiger partial charge >= 0.3 is 26.8 Å². The molecule has 0 saturated carbocycles. The topological polar surface area (TPSA) is 332 Å². The molecular formula is C20H32O21S2. The van der Waals surface area contributed by atoms with Gasteiger partial charge in [0.15, 0.2) is 12.6 Å². The number of aliphatic carboxylic acids is 1. The Hall–Kier alpha value is -1.65. The average molecular weight is 673 g/mol. The van der Waals surface area contributed by atoms with Crippen molar-refractivity contribution in [3.05, 3.63) is 11.8 Å². The number of aliphatic hydroxyl groups excluding tert-OH is 6. The summed E-state index contributed by atoms with van der Waals surface area (Å²) in [6.07, 6.45) is -18.8. The molecule has 3 aliphatic heterocycles. The van der Waals surface area contributed by atoms with Crippen molar-refractivity contribution in [1.29, 1.82) is 0 Å². The summed E-state index contributed by atoms with van der Waals surface area (Å²) in [4.78, 5) is 11.3. The molecule has 43 heavy (non-hydrogen) atoms. The zero-order valence-electron chi connectivity index (χ0n) is 21.9. The summed E-state index contributed by atoms with van der Waals surface area (Å²) in [5.74, 6) is -5.13. The summed E-state index contributed by atoms with van der Waals surface area (Å²) in [6, 6.07) is 0. The van der Waals surface area contributed by atoms with Crippen molar-refractivity contribution in [1.82, 2.24) is 0 Å². The fourth-order valence-corrected chi connectivity index (χ4v) is 5.34. The van der Waals surface area contributed by atoms with Crippen LogP contribution in [0.15, 0.2) is 11.8 Å². The second kappa shape index (κ2) is 14.2. The second-order valence-corrected chi connectivity index (χ2v) is 11.9.